The third kappa shape index (κ3) is 2.80. The van der Waals surface area contributed by atoms with Crippen molar-refractivity contribution in [3.05, 3.63) is 44.9 Å². The van der Waals surface area contributed by atoms with E-state index in [1.165, 1.54) is 21.7 Å². The van der Waals surface area contributed by atoms with Gasteiger partial charge in [0.15, 0.2) is 0 Å². The molecule has 2 heterocycles. The average molecular weight is 274 g/mol. The summed E-state index contributed by atoms with van der Waals surface area (Å²) in [5, 5.41) is 4.45. The highest BCUT2D eigenvalue weighted by Gasteiger charge is 2.14. The SMILES string of the molecule is Cc1ccc(OCc2nc3c(s2)CNCC3)cc1C. The van der Waals surface area contributed by atoms with Crippen molar-refractivity contribution in [2.75, 3.05) is 6.54 Å². The lowest BCUT2D eigenvalue weighted by atomic mass is 10.1. The van der Waals surface area contributed by atoms with Gasteiger partial charge in [0.1, 0.15) is 17.4 Å². The van der Waals surface area contributed by atoms with Crippen molar-refractivity contribution in [1.29, 1.82) is 0 Å². The molecule has 0 atom stereocenters. The van der Waals surface area contributed by atoms with Gasteiger partial charge in [0, 0.05) is 24.4 Å². The van der Waals surface area contributed by atoms with Crippen LogP contribution in [0.4, 0.5) is 0 Å². The number of aryl methyl sites for hydroxylation is 2. The maximum absolute atomic E-state index is 5.83. The van der Waals surface area contributed by atoms with Crippen molar-refractivity contribution >= 4 is 11.3 Å². The van der Waals surface area contributed by atoms with Crippen LogP contribution in [-0.4, -0.2) is 11.5 Å². The van der Waals surface area contributed by atoms with Gasteiger partial charge >= 0.3 is 0 Å². The Kier molecular flexibility index (Phi) is 3.53. The van der Waals surface area contributed by atoms with Crippen molar-refractivity contribution in [2.45, 2.75) is 33.4 Å². The smallest absolute Gasteiger partial charge is 0.140 e. The largest absolute Gasteiger partial charge is 0.486 e. The number of nitrogens with one attached hydrogen (secondary N) is 1. The summed E-state index contributed by atoms with van der Waals surface area (Å²) in [5.74, 6) is 0.925. The van der Waals surface area contributed by atoms with E-state index < -0.39 is 0 Å². The second-order valence-corrected chi connectivity index (χ2v) is 6.11. The molecule has 2 aromatic rings. The standard InChI is InChI=1S/C15H18N2OS/c1-10-3-4-12(7-11(10)2)18-9-15-17-13-5-6-16-8-14(13)19-15/h3-4,7,16H,5-6,8-9H2,1-2H3. The molecule has 0 fully saturated rings. The lowest BCUT2D eigenvalue weighted by Gasteiger charge is -2.09. The van der Waals surface area contributed by atoms with E-state index in [9.17, 15) is 0 Å². The van der Waals surface area contributed by atoms with Crippen LogP contribution in [0.1, 0.15) is 26.7 Å². The fourth-order valence-electron chi connectivity index (χ4n) is 2.19. The lowest BCUT2D eigenvalue weighted by molar-refractivity contribution is 0.305. The molecule has 1 aliphatic rings. The van der Waals surface area contributed by atoms with Gasteiger partial charge < -0.3 is 10.1 Å². The maximum atomic E-state index is 5.83. The first-order valence-electron chi connectivity index (χ1n) is 6.60. The molecule has 0 radical (unpaired) electrons. The van der Waals surface area contributed by atoms with Gasteiger partial charge in [0.05, 0.1) is 5.69 Å². The van der Waals surface area contributed by atoms with E-state index in [4.69, 9.17) is 4.74 Å². The van der Waals surface area contributed by atoms with E-state index in [0.717, 1.165) is 30.3 Å². The minimum atomic E-state index is 0.570. The molecule has 100 valence electrons. The average Bonchev–Trinajstić information content (AvgIpc) is 2.83. The van der Waals surface area contributed by atoms with Gasteiger partial charge in [0.25, 0.3) is 0 Å². The molecular formula is C15H18N2OS. The summed E-state index contributed by atoms with van der Waals surface area (Å²) in [5.41, 5.74) is 3.81. The predicted molar refractivity (Wildman–Crippen MR) is 77.8 cm³/mol. The van der Waals surface area contributed by atoms with E-state index in [1.54, 1.807) is 11.3 Å². The molecule has 4 heteroatoms. The monoisotopic (exact) mass is 274 g/mol. The number of benzene rings is 1. The van der Waals surface area contributed by atoms with E-state index in [1.807, 2.05) is 6.07 Å². The Morgan fingerprint density at radius 3 is 3.00 bits per heavy atom. The van der Waals surface area contributed by atoms with Crippen LogP contribution in [0.3, 0.4) is 0 Å². The Bertz CT molecular complexity index is 568. The van der Waals surface area contributed by atoms with Crippen LogP contribution < -0.4 is 10.1 Å². The molecule has 0 unspecified atom stereocenters. The Balaban J connectivity index is 1.68. The topological polar surface area (TPSA) is 34.1 Å². The third-order valence-electron chi connectivity index (χ3n) is 3.49. The molecular weight excluding hydrogens is 256 g/mol. The summed E-state index contributed by atoms with van der Waals surface area (Å²) in [6.45, 7) is 6.78. The van der Waals surface area contributed by atoms with Crippen LogP contribution in [0.2, 0.25) is 0 Å². The zero-order valence-corrected chi connectivity index (χ0v) is 12.1. The minimum Gasteiger partial charge on any atom is -0.486 e. The van der Waals surface area contributed by atoms with Gasteiger partial charge in [0.2, 0.25) is 0 Å². The molecule has 1 aromatic carbocycles. The van der Waals surface area contributed by atoms with E-state index >= 15 is 0 Å². The van der Waals surface area contributed by atoms with Gasteiger partial charge in [-0.3, -0.25) is 0 Å². The summed E-state index contributed by atoms with van der Waals surface area (Å²) in [6, 6.07) is 6.21. The van der Waals surface area contributed by atoms with Gasteiger partial charge in [-0.25, -0.2) is 4.98 Å². The Morgan fingerprint density at radius 1 is 1.32 bits per heavy atom. The van der Waals surface area contributed by atoms with Crippen molar-refractivity contribution in [3.63, 3.8) is 0 Å². The molecule has 1 N–H and O–H groups in total. The number of fused-ring (bicyclic) bond motifs is 1. The normalized spacial score (nSPS) is 14.2. The van der Waals surface area contributed by atoms with Gasteiger partial charge in [-0.1, -0.05) is 6.07 Å². The van der Waals surface area contributed by atoms with E-state index in [2.05, 4.69) is 36.3 Å². The van der Waals surface area contributed by atoms with Crippen molar-refractivity contribution < 1.29 is 4.74 Å². The van der Waals surface area contributed by atoms with Crippen molar-refractivity contribution in [2.24, 2.45) is 0 Å². The zero-order chi connectivity index (χ0) is 13.2. The maximum Gasteiger partial charge on any atom is 0.140 e. The van der Waals surface area contributed by atoms with Crippen LogP contribution in [0.25, 0.3) is 0 Å². The molecule has 0 aliphatic carbocycles. The van der Waals surface area contributed by atoms with Gasteiger partial charge in [-0.05, 0) is 37.1 Å². The molecule has 0 bridgehead atoms. The number of aromatic nitrogens is 1. The molecule has 0 saturated carbocycles. The zero-order valence-electron chi connectivity index (χ0n) is 11.3. The Morgan fingerprint density at radius 2 is 2.21 bits per heavy atom. The molecule has 1 aromatic heterocycles. The molecule has 3 rings (SSSR count). The van der Waals surface area contributed by atoms with E-state index in [0.29, 0.717) is 6.61 Å². The van der Waals surface area contributed by atoms with Crippen LogP contribution in [0.15, 0.2) is 18.2 Å². The first kappa shape index (κ1) is 12.6. The highest BCUT2D eigenvalue weighted by molar-refractivity contribution is 7.11. The number of ether oxygens (including phenoxy) is 1. The van der Waals surface area contributed by atoms with Crippen LogP contribution in [-0.2, 0) is 19.6 Å². The predicted octanol–water partition coefficient (Wildman–Crippen LogP) is 2.98. The first-order chi connectivity index (χ1) is 9.22. The van der Waals surface area contributed by atoms with Gasteiger partial charge in [-0.15, -0.1) is 11.3 Å². The number of hydrogen-bond acceptors (Lipinski definition) is 4. The van der Waals surface area contributed by atoms with Crippen LogP contribution in [0.5, 0.6) is 5.75 Å². The quantitative estimate of drug-likeness (QED) is 0.934. The van der Waals surface area contributed by atoms with Gasteiger partial charge in [-0.2, -0.15) is 0 Å². The minimum absolute atomic E-state index is 0.570. The number of nitrogens with zero attached hydrogens (tertiary/aromatic N) is 1. The Hall–Kier alpha value is -1.39. The number of rotatable bonds is 3. The first-order valence-corrected chi connectivity index (χ1v) is 7.42. The van der Waals surface area contributed by atoms with Crippen LogP contribution in [0, 0.1) is 13.8 Å². The highest BCUT2D eigenvalue weighted by Crippen LogP contribution is 2.23. The summed E-state index contributed by atoms with van der Waals surface area (Å²) in [6.07, 6.45) is 1.04. The Labute approximate surface area is 117 Å². The lowest BCUT2D eigenvalue weighted by Crippen LogP contribution is -2.22. The molecule has 3 nitrogen and oxygen atoms in total. The number of thiazole rings is 1. The second kappa shape index (κ2) is 5.31. The second-order valence-electron chi connectivity index (χ2n) is 4.94. The summed E-state index contributed by atoms with van der Waals surface area (Å²) in [4.78, 5) is 6.03. The fourth-order valence-corrected chi connectivity index (χ4v) is 3.19. The van der Waals surface area contributed by atoms with Crippen molar-refractivity contribution in [1.82, 2.24) is 10.3 Å². The molecule has 0 spiro atoms. The van der Waals surface area contributed by atoms with E-state index in [-0.39, 0.29) is 0 Å². The van der Waals surface area contributed by atoms with Crippen LogP contribution >= 0.6 is 11.3 Å². The summed E-state index contributed by atoms with van der Waals surface area (Å²) in [7, 11) is 0. The summed E-state index contributed by atoms with van der Waals surface area (Å²) >= 11 is 1.76. The number of hydrogen-bond donors (Lipinski definition) is 1. The highest BCUT2D eigenvalue weighted by atomic mass is 32.1. The molecule has 19 heavy (non-hydrogen) atoms. The third-order valence-corrected chi connectivity index (χ3v) is 4.56. The van der Waals surface area contributed by atoms with Crippen molar-refractivity contribution in [3.8, 4) is 5.75 Å². The molecule has 0 amide bonds. The molecule has 1 aliphatic heterocycles. The fraction of sp³-hybridized carbons (Fsp3) is 0.400. The molecule has 0 saturated heterocycles. The summed E-state index contributed by atoms with van der Waals surface area (Å²) < 4.78 is 5.83.